The minimum absolute atomic E-state index is 0. The molecule has 0 aromatic heterocycles. The Balaban J connectivity index is 0.00000162. The summed E-state index contributed by atoms with van der Waals surface area (Å²) in [6.45, 7) is 3.35. The second kappa shape index (κ2) is 7.49. The zero-order chi connectivity index (χ0) is 12.1. The van der Waals surface area contributed by atoms with Crippen LogP contribution in [-0.4, -0.2) is 30.3 Å². The molecule has 0 atom stereocenters. The van der Waals surface area contributed by atoms with E-state index in [9.17, 15) is 9.18 Å². The Morgan fingerprint density at radius 1 is 1.17 bits per heavy atom. The van der Waals surface area contributed by atoms with E-state index >= 15 is 0 Å². The van der Waals surface area contributed by atoms with Crippen LogP contribution in [0.3, 0.4) is 0 Å². The minimum atomic E-state index is -0.293. The number of nitrogens with zero attached hydrogens (tertiary/aromatic N) is 1. The summed E-state index contributed by atoms with van der Waals surface area (Å²) in [5.74, 6) is -0.178. The lowest BCUT2D eigenvalue weighted by Crippen LogP contribution is -2.21. The average molecular weight is 272 g/mol. The molecule has 1 fully saturated rings. The van der Waals surface area contributed by atoms with Gasteiger partial charge in [-0.15, -0.1) is 12.4 Å². The van der Waals surface area contributed by atoms with Crippen molar-refractivity contribution >= 4 is 18.2 Å². The maximum Gasteiger partial charge on any atom is 0.162 e. The summed E-state index contributed by atoms with van der Waals surface area (Å²) in [6.07, 6.45) is 4.02. The second-order valence-electron chi connectivity index (χ2n) is 4.58. The van der Waals surface area contributed by atoms with Crippen molar-refractivity contribution in [2.45, 2.75) is 25.7 Å². The average Bonchev–Trinajstić information content (AvgIpc) is 2.83. The fourth-order valence-electron chi connectivity index (χ4n) is 2.25. The Morgan fingerprint density at radius 2 is 1.78 bits per heavy atom. The standard InChI is InChI=1S/C14H18FNO.ClH/c15-13-7-5-12(6-8-13)14(17)4-3-11-16-9-1-2-10-16;/h5-8H,1-4,9-11H2;1H. The predicted molar refractivity (Wildman–Crippen MR) is 72.9 cm³/mol. The quantitative estimate of drug-likeness (QED) is 0.766. The lowest BCUT2D eigenvalue weighted by molar-refractivity contribution is 0.0976. The summed E-state index contributed by atoms with van der Waals surface area (Å²) in [6, 6.07) is 5.81. The van der Waals surface area contributed by atoms with E-state index in [4.69, 9.17) is 0 Å². The number of likely N-dealkylation sites (tertiary alicyclic amines) is 1. The van der Waals surface area contributed by atoms with E-state index in [2.05, 4.69) is 4.90 Å². The summed E-state index contributed by atoms with van der Waals surface area (Å²) < 4.78 is 12.7. The zero-order valence-corrected chi connectivity index (χ0v) is 11.2. The first-order valence-electron chi connectivity index (χ1n) is 6.27. The van der Waals surface area contributed by atoms with E-state index in [0.29, 0.717) is 12.0 Å². The summed E-state index contributed by atoms with van der Waals surface area (Å²) in [4.78, 5) is 14.2. The molecule has 0 saturated carbocycles. The van der Waals surface area contributed by atoms with Gasteiger partial charge in [0, 0.05) is 12.0 Å². The molecule has 2 rings (SSSR count). The molecule has 1 aliphatic rings. The van der Waals surface area contributed by atoms with Crippen LogP contribution in [-0.2, 0) is 0 Å². The molecule has 0 spiro atoms. The van der Waals surface area contributed by atoms with Gasteiger partial charge in [0.1, 0.15) is 5.82 Å². The fourth-order valence-corrected chi connectivity index (χ4v) is 2.25. The van der Waals surface area contributed by atoms with E-state index in [-0.39, 0.29) is 24.0 Å². The number of hydrogen-bond acceptors (Lipinski definition) is 2. The van der Waals surface area contributed by atoms with Crippen molar-refractivity contribution in [3.8, 4) is 0 Å². The van der Waals surface area contributed by atoms with E-state index in [1.807, 2.05) is 0 Å². The molecular weight excluding hydrogens is 253 g/mol. The molecule has 100 valence electrons. The number of Topliss-reactive ketones (excluding diaryl/α,β-unsaturated/α-hetero) is 1. The summed E-state index contributed by atoms with van der Waals surface area (Å²) in [5, 5.41) is 0. The topological polar surface area (TPSA) is 20.3 Å². The van der Waals surface area contributed by atoms with Crippen molar-refractivity contribution < 1.29 is 9.18 Å². The highest BCUT2D eigenvalue weighted by Gasteiger charge is 2.12. The molecule has 0 unspecified atom stereocenters. The third-order valence-corrected chi connectivity index (χ3v) is 3.24. The van der Waals surface area contributed by atoms with Crippen LogP contribution in [0, 0.1) is 5.82 Å². The van der Waals surface area contributed by atoms with Gasteiger partial charge in [-0.3, -0.25) is 4.79 Å². The number of carbonyl (C=O) groups excluding carboxylic acids is 1. The highest BCUT2D eigenvalue weighted by Crippen LogP contribution is 2.11. The number of carbonyl (C=O) groups is 1. The third kappa shape index (κ3) is 4.39. The Kier molecular flexibility index (Phi) is 6.30. The number of hydrogen-bond donors (Lipinski definition) is 0. The number of rotatable bonds is 5. The van der Waals surface area contributed by atoms with Crippen molar-refractivity contribution in [3.05, 3.63) is 35.6 Å². The SMILES string of the molecule is Cl.O=C(CCCN1CCCC1)c1ccc(F)cc1. The van der Waals surface area contributed by atoms with Crippen LogP contribution in [0.2, 0.25) is 0 Å². The lowest BCUT2D eigenvalue weighted by atomic mass is 10.1. The van der Waals surface area contributed by atoms with E-state index in [1.54, 1.807) is 12.1 Å². The second-order valence-corrected chi connectivity index (χ2v) is 4.58. The Hall–Kier alpha value is -0.930. The van der Waals surface area contributed by atoms with Crippen molar-refractivity contribution in [1.82, 2.24) is 4.90 Å². The van der Waals surface area contributed by atoms with Crippen LogP contribution in [0.5, 0.6) is 0 Å². The summed E-state index contributed by atoms with van der Waals surface area (Å²) >= 11 is 0. The molecule has 2 nitrogen and oxygen atoms in total. The fraction of sp³-hybridized carbons (Fsp3) is 0.500. The number of benzene rings is 1. The zero-order valence-electron chi connectivity index (χ0n) is 10.4. The first-order valence-corrected chi connectivity index (χ1v) is 6.27. The molecule has 0 N–H and O–H groups in total. The Bertz CT molecular complexity index is 374. The smallest absolute Gasteiger partial charge is 0.162 e. The van der Waals surface area contributed by atoms with Crippen LogP contribution in [0.1, 0.15) is 36.0 Å². The molecule has 0 amide bonds. The number of halogens is 2. The molecule has 0 radical (unpaired) electrons. The molecule has 0 bridgehead atoms. The van der Waals surface area contributed by atoms with Gasteiger partial charge >= 0.3 is 0 Å². The van der Waals surface area contributed by atoms with Gasteiger partial charge in [0.2, 0.25) is 0 Å². The van der Waals surface area contributed by atoms with Gasteiger partial charge in [-0.05, 0) is 63.2 Å². The van der Waals surface area contributed by atoms with E-state index in [1.165, 1.54) is 38.1 Å². The van der Waals surface area contributed by atoms with Crippen molar-refractivity contribution in [2.75, 3.05) is 19.6 Å². The molecule has 18 heavy (non-hydrogen) atoms. The first-order chi connectivity index (χ1) is 8.25. The largest absolute Gasteiger partial charge is 0.303 e. The molecular formula is C14H19ClFNO. The van der Waals surface area contributed by atoms with E-state index < -0.39 is 0 Å². The van der Waals surface area contributed by atoms with Crippen LogP contribution < -0.4 is 0 Å². The molecule has 1 aromatic carbocycles. The minimum Gasteiger partial charge on any atom is -0.303 e. The molecule has 1 saturated heterocycles. The number of ketones is 1. The molecule has 1 heterocycles. The highest BCUT2D eigenvalue weighted by molar-refractivity contribution is 5.95. The highest BCUT2D eigenvalue weighted by atomic mass is 35.5. The molecule has 0 aliphatic carbocycles. The summed E-state index contributed by atoms with van der Waals surface area (Å²) in [5.41, 5.74) is 0.618. The maximum atomic E-state index is 12.7. The molecule has 4 heteroatoms. The van der Waals surface area contributed by atoms with E-state index in [0.717, 1.165) is 13.0 Å². The summed E-state index contributed by atoms with van der Waals surface area (Å²) in [7, 11) is 0. The first kappa shape index (κ1) is 15.1. The molecule has 1 aromatic rings. The van der Waals surface area contributed by atoms with Crippen molar-refractivity contribution in [2.24, 2.45) is 0 Å². The van der Waals surface area contributed by atoms with Gasteiger partial charge in [-0.2, -0.15) is 0 Å². The predicted octanol–water partition coefficient (Wildman–Crippen LogP) is 3.31. The van der Waals surface area contributed by atoms with Crippen LogP contribution in [0.25, 0.3) is 0 Å². The Labute approximate surface area is 114 Å². The van der Waals surface area contributed by atoms with Crippen LogP contribution in [0.15, 0.2) is 24.3 Å². The van der Waals surface area contributed by atoms with Gasteiger partial charge in [0.15, 0.2) is 5.78 Å². The monoisotopic (exact) mass is 271 g/mol. The van der Waals surface area contributed by atoms with Gasteiger partial charge in [0.25, 0.3) is 0 Å². The van der Waals surface area contributed by atoms with Gasteiger partial charge in [-0.1, -0.05) is 0 Å². The maximum absolute atomic E-state index is 12.7. The lowest BCUT2D eigenvalue weighted by Gasteiger charge is -2.13. The van der Waals surface area contributed by atoms with Crippen LogP contribution >= 0.6 is 12.4 Å². The van der Waals surface area contributed by atoms with Crippen molar-refractivity contribution in [1.29, 1.82) is 0 Å². The van der Waals surface area contributed by atoms with Gasteiger partial charge in [-0.25, -0.2) is 4.39 Å². The third-order valence-electron chi connectivity index (χ3n) is 3.24. The van der Waals surface area contributed by atoms with Gasteiger partial charge in [0.05, 0.1) is 0 Å². The molecule has 1 aliphatic heterocycles. The van der Waals surface area contributed by atoms with Gasteiger partial charge < -0.3 is 4.90 Å². The normalized spacial score (nSPS) is 15.4. The van der Waals surface area contributed by atoms with Crippen molar-refractivity contribution in [3.63, 3.8) is 0 Å². The Morgan fingerprint density at radius 3 is 2.39 bits per heavy atom. The van der Waals surface area contributed by atoms with Crippen LogP contribution in [0.4, 0.5) is 4.39 Å².